The zero-order valence-electron chi connectivity index (χ0n) is 20.3. The van der Waals surface area contributed by atoms with E-state index in [2.05, 4.69) is 18.8 Å². The number of pyridine rings is 1. The smallest absolute Gasteiger partial charge is 0.295 e. The fraction of sp³-hybridized carbons (Fsp3) is 0.276. The first-order valence-electron chi connectivity index (χ1n) is 11.9. The number of ketones is 1. The van der Waals surface area contributed by atoms with Crippen molar-refractivity contribution in [3.05, 3.63) is 101 Å². The summed E-state index contributed by atoms with van der Waals surface area (Å²) in [5.41, 5.74) is 3.22. The topological polar surface area (TPSA) is 79.7 Å². The Hall–Kier alpha value is -3.93. The van der Waals surface area contributed by atoms with Crippen molar-refractivity contribution in [1.82, 2.24) is 9.88 Å². The lowest BCUT2D eigenvalue weighted by molar-refractivity contribution is -0.140. The average Bonchev–Trinajstić information content (AvgIpc) is 3.12. The maximum absolute atomic E-state index is 13.3. The molecule has 3 aromatic rings. The van der Waals surface area contributed by atoms with Crippen LogP contribution in [0, 0.1) is 0 Å². The monoisotopic (exact) mass is 470 g/mol. The Balaban J connectivity index is 1.82. The Morgan fingerprint density at radius 2 is 1.86 bits per heavy atom. The van der Waals surface area contributed by atoms with Gasteiger partial charge in [0.15, 0.2) is 0 Å². The molecule has 1 aliphatic rings. The molecule has 6 heteroatoms. The first-order chi connectivity index (χ1) is 16.9. The van der Waals surface area contributed by atoms with Crippen molar-refractivity contribution in [2.24, 2.45) is 0 Å². The number of benzene rings is 2. The minimum atomic E-state index is -0.725. The first kappa shape index (κ1) is 24.2. The first-order valence-corrected chi connectivity index (χ1v) is 11.9. The zero-order valence-corrected chi connectivity index (χ0v) is 20.3. The van der Waals surface area contributed by atoms with Gasteiger partial charge in [-0.2, -0.15) is 0 Å². The van der Waals surface area contributed by atoms with Crippen LogP contribution in [-0.4, -0.2) is 33.3 Å². The van der Waals surface area contributed by atoms with Crippen LogP contribution in [0.2, 0.25) is 0 Å². The molecule has 0 spiro atoms. The van der Waals surface area contributed by atoms with Crippen LogP contribution in [0.1, 0.15) is 61.4 Å². The molecule has 1 saturated heterocycles. The van der Waals surface area contributed by atoms with E-state index in [0.717, 1.165) is 23.1 Å². The van der Waals surface area contributed by atoms with Crippen LogP contribution in [-0.2, 0) is 16.1 Å². The fourth-order valence-electron chi connectivity index (χ4n) is 4.25. The van der Waals surface area contributed by atoms with Gasteiger partial charge >= 0.3 is 0 Å². The lowest BCUT2D eigenvalue weighted by atomic mass is 9.93. The van der Waals surface area contributed by atoms with Gasteiger partial charge in [0.05, 0.1) is 18.2 Å². The Bertz CT molecular complexity index is 1230. The molecule has 1 atom stereocenters. The molecule has 180 valence electrons. The Morgan fingerprint density at radius 1 is 1.09 bits per heavy atom. The van der Waals surface area contributed by atoms with Crippen molar-refractivity contribution in [2.45, 2.75) is 45.7 Å². The number of carbonyl (C=O) groups excluding carboxylic acids is 2. The highest BCUT2D eigenvalue weighted by atomic mass is 16.5. The summed E-state index contributed by atoms with van der Waals surface area (Å²) in [7, 11) is 0. The zero-order chi connectivity index (χ0) is 24.9. The molecule has 1 amide bonds. The number of nitrogens with zero attached hydrogens (tertiary/aromatic N) is 2. The summed E-state index contributed by atoms with van der Waals surface area (Å²) in [5, 5.41) is 11.3. The molecule has 0 saturated carbocycles. The number of likely N-dealkylation sites (tertiary alicyclic amines) is 1. The fourth-order valence-corrected chi connectivity index (χ4v) is 4.25. The van der Waals surface area contributed by atoms with E-state index in [1.807, 2.05) is 37.3 Å². The molecule has 2 heterocycles. The van der Waals surface area contributed by atoms with Gasteiger partial charge < -0.3 is 14.7 Å². The summed E-state index contributed by atoms with van der Waals surface area (Å²) < 4.78 is 5.70. The standard InChI is InChI=1S/C29H30N2O4/c1-4-15-35-24-9-5-8-23(16-24)27(32)25-26(22-12-10-21(11-13-22)19(2)3)31(29(34)28(25)33)18-20-7-6-14-30-17-20/h5-14,16-17,19,26,32H,4,15,18H2,1-3H3/b27-25-. The number of Topliss-reactive ketones (excluding diaryl/α,β-unsaturated/α-hetero) is 1. The van der Waals surface area contributed by atoms with Gasteiger partial charge in [0.1, 0.15) is 11.5 Å². The van der Waals surface area contributed by atoms with Gasteiger partial charge in [-0.25, -0.2) is 0 Å². The van der Waals surface area contributed by atoms with E-state index in [-0.39, 0.29) is 17.9 Å². The molecule has 0 radical (unpaired) electrons. The van der Waals surface area contributed by atoms with E-state index < -0.39 is 17.7 Å². The minimum Gasteiger partial charge on any atom is -0.507 e. The Kier molecular flexibility index (Phi) is 7.30. The quantitative estimate of drug-likeness (QED) is 0.263. The number of carbonyl (C=O) groups is 2. The van der Waals surface area contributed by atoms with Crippen molar-refractivity contribution in [3.8, 4) is 5.75 Å². The molecule has 1 unspecified atom stereocenters. The molecule has 35 heavy (non-hydrogen) atoms. The largest absolute Gasteiger partial charge is 0.507 e. The number of aromatic nitrogens is 1. The molecule has 6 nitrogen and oxygen atoms in total. The summed E-state index contributed by atoms with van der Waals surface area (Å²) in [5.74, 6) is -0.622. The third kappa shape index (κ3) is 5.11. The number of hydrogen-bond acceptors (Lipinski definition) is 5. The van der Waals surface area contributed by atoms with Crippen molar-refractivity contribution >= 4 is 17.4 Å². The van der Waals surface area contributed by atoms with Gasteiger partial charge in [0.2, 0.25) is 0 Å². The van der Waals surface area contributed by atoms with Crippen molar-refractivity contribution in [1.29, 1.82) is 0 Å². The van der Waals surface area contributed by atoms with Gasteiger partial charge in [-0.3, -0.25) is 14.6 Å². The number of rotatable bonds is 8. The number of ether oxygens (including phenoxy) is 1. The van der Waals surface area contributed by atoms with E-state index in [1.54, 1.807) is 42.7 Å². The van der Waals surface area contributed by atoms with E-state index in [4.69, 9.17) is 4.74 Å². The van der Waals surface area contributed by atoms with Gasteiger partial charge in [-0.1, -0.05) is 63.2 Å². The molecule has 1 N–H and O–H groups in total. The second-order valence-electron chi connectivity index (χ2n) is 8.99. The van der Waals surface area contributed by atoms with Crippen LogP contribution in [0.5, 0.6) is 5.75 Å². The Morgan fingerprint density at radius 3 is 2.51 bits per heavy atom. The van der Waals surface area contributed by atoms with Gasteiger partial charge in [-0.15, -0.1) is 0 Å². The number of hydrogen-bond donors (Lipinski definition) is 1. The van der Waals surface area contributed by atoms with Crippen LogP contribution in [0.4, 0.5) is 0 Å². The van der Waals surface area contributed by atoms with Gasteiger partial charge in [0.25, 0.3) is 11.7 Å². The molecule has 0 aliphatic carbocycles. The predicted octanol–water partition coefficient (Wildman–Crippen LogP) is 5.62. The highest BCUT2D eigenvalue weighted by molar-refractivity contribution is 6.46. The van der Waals surface area contributed by atoms with Gasteiger partial charge in [0, 0.05) is 24.5 Å². The lowest BCUT2D eigenvalue weighted by Crippen LogP contribution is -2.29. The van der Waals surface area contributed by atoms with Gasteiger partial charge in [-0.05, 0) is 47.2 Å². The normalized spacial score (nSPS) is 17.3. The van der Waals surface area contributed by atoms with Crippen molar-refractivity contribution in [2.75, 3.05) is 6.61 Å². The van der Waals surface area contributed by atoms with Crippen LogP contribution in [0.15, 0.2) is 78.6 Å². The van der Waals surface area contributed by atoms with E-state index >= 15 is 0 Å². The highest BCUT2D eigenvalue weighted by Gasteiger charge is 2.46. The van der Waals surface area contributed by atoms with E-state index in [9.17, 15) is 14.7 Å². The van der Waals surface area contributed by atoms with Crippen molar-refractivity contribution < 1.29 is 19.4 Å². The summed E-state index contributed by atoms with van der Waals surface area (Å²) >= 11 is 0. The Labute approximate surface area is 205 Å². The second-order valence-corrected chi connectivity index (χ2v) is 8.99. The third-order valence-electron chi connectivity index (χ3n) is 6.11. The number of amides is 1. The summed E-state index contributed by atoms with van der Waals surface area (Å²) in [6.07, 6.45) is 4.18. The maximum atomic E-state index is 13.3. The molecule has 4 rings (SSSR count). The maximum Gasteiger partial charge on any atom is 0.295 e. The molecule has 0 bridgehead atoms. The summed E-state index contributed by atoms with van der Waals surface area (Å²) in [6.45, 7) is 6.97. The SMILES string of the molecule is CCCOc1cccc(/C(O)=C2/C(=O)C(=O)N(Cc3cccnc3)C2c2ccc(C(C)C)cc2)c1. The van der Waals surface area contributed by atoms with E-state index in [0.29, 0.717) is 23.8 Å². The van der Waals surface area contributed by atoms with Crippen LogP contribution in [0.3, 0.4) is 0 Å². The third-order valence-corrected chi connectivity index (χ3v) is 6.11. The molecular weight excluding hydrogens is 440 g/mol. The average molecular weight is 471 g/mol. The lowest BCUT2D eigenvalue weighted by Gasteiger charge is -2.25. The number of aliphatic hydroxyl groups excluding tert-OH is 1. The van der Waals surface area contributed by atoms with Crippen LogP contribution in [0.25, 0.3) is 5.76 Å². The van der Waals surface area contributed by atoms with Crippen molar-refractivity contribution in [3.63, 3.8) is 0 Å². The molecule has 2 aromatic carbocycles. The predicted molar refractivity (Wildman–Crippen MR) is 135 cm³/mol. The molecule has 1 fully saturated rings. The molecule has 1 aromatic heterocycles. The van der Waals surface area contributed by atoms with Crippen LogP contribution < -0.4 is 4.74 Å². The van der Waals surface area contributed by atoms with Crippen LogP contribution >= 0.6 is 0 Å². The molecular formula is C29H30N2O4. The molecule has 1 aliphatic heterocycles. The highest BCUT2D eigenvalue weighted by Crippen LogP contribution is 2.40. The minimum absolute atomic E-state index is 0.0730. The second kappa shape index (κ2) is 10.6. The van der Waals surface area contributed by atoms with E-state index in [1.165, 1.54) is 4.90 Å². The summed E-state index contributed by atoms with van der Waals surface area (Å²) in [4.78, 5) is 32.1. The number of aliphatic hydroxyl groups is 1. The summed E-state index contributed by atoms with van der Waals surface area (Å²) in [6, 6.07) is 17.8.